The van der Waals surface area contributed by atoms with Gasteiger partial charge in [0.2, 0.25) is 5.82 Å². The lowest BCUT2D eigenvalue weighted by atomic mass is 10.1. The van der Waals surface area contributed by atoms with Crippen LogP contribution in [0.4, 0.5) is 4.39 Å². The molecule has 0 saturated carbocycles. The second kappa shape index (κ2) is 4.25. The quantitative estimate of drug-likeness (QED) is 0.815. The van der Waals surface area contributed by atoms with Gasteiger partial charge in [-0.15, -0.1) is 0 Å². The number of ether oxygens (including phenoxy) is 2. The molecule has 0 spiro atoms. The van der Waals surface area contributed by atoms with Gasteiger partial charge >= 0.3 is 0 Å². The summed E-state index contributed by atoms with van der Waals surface area (Å²) in [5.41, 5.74) is 1.89. The smallest absolute Gasteiger partial charge is 0.253 e. The summed E-state index contributed by atoms with van der Waals surface area (Å²) in [6, 6.07) is 5.78. The van der Waals surface area contributed by atoms with Crippen LogP contribution in [-0.2, 0) is 6.42 Å². The number of nitrogens with zero attached hydrogens (tertiary/aromatic N) is 2. The number of rotatable bonds is 2. The molecule has 1 aliphatic rings. The van der Waals surface area contributed by atoms with Crippen molar-refractivity contribution in [1.82, 2.24) is 9.97 Å². The Morgan fingerprint density at radius 1 is 1.39 bits per heavy atom. The Balaban J connectivity index is 2.13. The van der Waals surface area contributed by atoms with Crippen LogP contribution >= 0.6 is 0 Å². The van der Waals surface area contributed by atoms with E-state index in [-0.39, 0.29) is 5.88 Å². The number of para-hydroxylation sites is 1. The van der Waals surface area contributed by atoms with Gasteiger partial charge in [-0.25, -0.2) is 4.98 Å². The molecule has 0 N–H and O–H groups in total. The predicted molar refractivity (Wildman–Crippen MR) is 63.2 cm³/mol. The highest BCUT2D eigenvalue weighted by molar-refractivity contribution is 5.67. The molecule has 92 valence electrons. The number of fused-ring (bicyclic) bond motifs is 1. The van der Waals surface area contributed by atoms with Crippen molar-refractivity contribution in [3.63, 3.8) is 0 Å². The first-order chi connectivity index (χ1) is 8.79. The van der Waals surface area contributed by atoms with E-state index in [2.05, 4.69) is 9.97 Å². The lowest BCUT2D eigenvalue weighted by molar-refractivity contribution is 0.357. The van der Waals surface area contributed by atoms with Crippen LogP contribution in [0.3, 0.4) is 0 Å². The minimum Gasteiger partial charge on any atom is -0.492 e. The highest BCUT2D eigenvalue weighted by Gasteiger charge is 2.19. The highest BCUT2D eigenvalue weighted by Crippen LogP contribution is 2.35. The van der Waals surface area contributed by atoms with Gasteiger partial charge in [0.05, 0.1) is 25.5 Å². The zero-order valence-corrected chi connectivity index (χ0v) is 9.81. The summed E-state index contributed by atoms with van der Waals surface area (Å²) < 4.78 is 23.7. The van der Waals surface area contributed by atoms with E-state index >= 15 is 0 Å². The van der Waals surface area contributed by atoms with Crippen molar-refractivity contribution in [2.24, 2.45) is 0 Å². The Labute approximate surface area is 103 Å². The van der Waals surface area contributed by atoms with Crippen molar-refractivity contribution >= 4 is 0 Å². The van der Waals surface area contributed by atoms with E-state index < -0.39 is 5.82 Å². The molecule has 0 fully saturated rings. The number of hydrogen-bond donors (Lipinski definition) is 0. The summed E-state index contributed by atoms with van der Waals surface area (Å²) >= 11 is 0. The van der Waals surface area contributed by atoms with Crippen molar-refractivity contribution in [3.05, 3.63) is 35.8 Å². The summed E-state index contributed by atoms with van der Waals surface area (Å²) in [5, 5.41) is 0. The number of aromatic nitrogens is 2. The van der Waals surface area contributed by atoms with E-state index in [1.807, 2.05) is 18.2 Å². The zero-order valence-electron chi connectivity index (χ0n) is 9.81. The first-order valence-electron chi connectivity index (χ1n) is 5.61. The molecule has 4 nitrogen and oxygen atoms in total. The van der Waals surface area contributed by atoms with Crippen molar-refractivity contribution < 1.29 is 13.9 Å². The second-order valence-corrected chi connectivity index (χ2v) is 3.94. The van der Waals surface area contributed by atoms with E-state index in [1.165, 1.54) is 7.11 Å². The number of halogens is 1. The molecule has 1 aliphatic heterocycles. The molecule has 3 rings (SSSR count). The SMILES string of the molecule is COc1nc(-c2cccc3c2OCC3)ncc1F. The predicted octanol–water partition coefficient (Wildman–Crippen LogP) is 2.23. The van der Waals surface area contributed by atoms with Gasteiger partial charge in [0, 0.05) is 6.42 Å². The summed E-state index contributed by atoms with van der Waals surface area (Å²) in [4.78, 5) is 8.04. The third-order valence-electron chi connectivity index (χ3n) is 2.86. The summed E-state index contributed by atoms with van der Waals surface area (Å²) in [6.07, 6.45) is 1.98. The number of benzene rings is 1. The Hall–Kier alpha value is -2.17. The standard InChI is InChI=1S/C13H11FN2O2/c1-17-13-10(14)7-15-12(16-13)9-4-2-3-8-5-6-18-11(8)9/h2-4,7H,5-6H2,1H3. The molecule has 2 aromatic rings. The van der Waals surface area contributed by atoms with E-state index in [1.54, 1.807) is 0 Å². The van der Waals surface area contributed by atoms with E-state index in [0.717, 1.165) is 29.5 Å². The first kappa shape index (κ1) is 11.0. The zero-order chi connectivity index (χ0) is 12.5. The van der Waals surface area contributed by atoms with Gasteiger partial charge in [0.25, 0.3) is 5.88 Å². The molecule has 0 radical (unpaired) electrons. The molecule has 0 amide bonds. The molecular formula is C13H11FN2O2. The number of hydrogen-bond acceptors (Lipinski definition) is 4. The topological polar surface area (TPSA) is 44.2 Å². The molecule has 0 aliphatic carbocycles. The molecule has 2 heterocycles. The van der Waals surface area contributed by atoms with Crippen molar-refractivity contribution in [1.29, 1.82) is 0 Å². The molecule has 1 aromatic heterocycles. The van der Waals surface area contributed by atoms with Crippen LogP contribution < -0.4 is 9.47 Å². The maximum atomic E-state index is 13.3. The average molecular weight is 246 g/mol. The fraction of sp³-hybridized carbons (Fsp3) is 0.231. The normalized spacial score (nSPS) is 13.0. The van der Waals surface area contributed by atoms with Gasteiger partial charge in [-0.05, 0) is 11.6 Å². The van der Waals surface area contributed by atoms with Crippen LogP contribution in [0.25, 0.3) is 11.4 Å². The molecule has 1 aromatic carbocycles. The maximum absolute atomic E-state index is 13.3. The first-order valence-corrected chi connectivity index (χ1v) is 5.61. The van der Waals surface area contributed by atoms with E-state index in [0.29, 0.717) is 12.4 Å². The minimum atomic E-state index is -0.574. The van der Waals surface area contributed by atoms with Gasteiger partial charge in [-0.1, -0.05) is 12.1 Å². The molecule has 18 heavy (non-hydrogen) atoms. The molecule has 0 saturated heterocycles. The monoisotopic (exact) mass is 246 g/mol. The van der Waals surface area contributed by atoms with Crippen molar-refractivity contribution in [2.45, 2.75) is 6.42 Å². The summed E-state index contributed by atoms with van der Waals surface area (Å²) in [6.45, 7) is 0.657. The van der Waals surface area contributed by atoms with Crippen LogP contribution in [0, 0.1) is 5.82 Å². The van der Waals surface area contributed by atoms with Crippen molar-refractivity contribution in [3.8, 4) is 23.0 Å². The lowest BCUT2D eigenvalue weighted by Gasteiger charge is -2.07. The van der Waals surface area contributed by atoms with Crippen LogP contribution in [-0.4, -0.2) is 23.7 Å². The van der Waals surface area contributed by atoms with Gasteiger partial charge < -0.3 is 9.47 Å². The summed E-state index contributed by atoms with van der Waals surface area (Å²) in [5.74, 6) is 0.559. The third-order valence-corrected chi connectivity index (χ3v) is 2.86. The van der Waals surface area contributed by atoms with E-state index in [9.17, 15) is 4.39 Å². The van der Waals surface area contributed by atoms with Gasteiger partial charge in [0.1, 0.15) is 5.75 Å². The van der Waals surface area contributed by atoms with E-state index in [4.69, 9.17) is 9.47 Å². The molecule has 0 bridgehead atoms. The van der Waals surface area contributed by atoms with Gasteiger partial charge in [-0.2, -0.15) is 9.37 Å². The Kier molecular flexibility index (Phi) is 2.59. The van der Waals surface area contributed by atoms with Crippen LogP contribution in [0.2, 0.25) is 0 Å². The number of methoxy groups -OCH3 is 1. The Morgan fingerprint density at radius 2 is 2.28 bits per heavy atom. The van der Waals surface area contributed by atoms with Crippen LogP contribution in [0.1, 0.15) is 5.56 Å². The Morgan fingerprint density at radius 3 is 3.11 bits per heavy atom. The maximum Gasteiger partial charge on any atom is 0.253 e. The lowest BCUT2D eigenvalue weighted by Crippen LogP contribution is -1.98. The largest absolute Gasteiger partial charge is 0.492 e. The van der Waals surface area contributed by atoms with Gasteiger partial charge in [0.15, 0.2) is 5.82 Å². The molecule has 0 unspecified atom stereocenters. The van der Waals surface area contributed by atoms with Crippen LogP contribution in [0.15, 0.2) is 24.4 Å². The van der Waals surface area contributed by atoms with Crippen molar-refractivity contribution in [2.75, 3.05) is 13.7 Å². The minimum absolute atomic E-state index is 0.0596. The third kappa shape index (κ3) is 1.68. The fourth-order valence-corrected chi connectivity index (χ4v) is 2.02. The highest BCUT2D eigenvalue weighted by atomic mass is 19.1. The Bertz CT molecular complexity index is 602. The fourth-order valence-electron chi connectivity index (χ4n) is 2.02. The molecule has 5 heteroatoms. The average Bonchev–Trinajstić information content (AvgIpc) is 2.87. The van der Waals surface area contributed by atoms with Crippen LogP contribution in [0.5, 0.6) is 11.6 Å². The summed E-state index contributed by atoms with van der Waals surface area (Å²) in [7, 11) is 1.38. The molecule has 0 atom stereocenters. The second-order valence-electron chi connectivity index (χ2n) is 3.94. The van der Waals surface area contributed by atoms with Gasteiger partial charge in [-0.3, -0.25) is 0 Å². The molecular weight excluding hydrogens is 235 g/mol.